The first-order chi connectivity index (χ1) is 7.77. The molecule has 0 bridgehead atoms. The van der Waals surface area contributed by atoms with Crippen molar-refractivity contribution in [1.29, 1.82) is 0 Å². The number of hydrogen-bond acceptors (Lipinski definition) is 4. The topological polar surface area (TPSA) is 30.9 Å². The van der Waals surface area contributed by atoms with E-state index in [9.17, 15) is 0 Å². The van der Waals surface area contributed by atoms with Crippen LogP contribution in [-0.4, -0.2) is 56.7 Å². The van der Waals surface area contributed by atoms with Crippen molar-refractivity contribution in [3.63, 3.8) is 0 Å². The number of rotatable bonds is 7. The van der Waals surface area contributed by atoms with Gasteiger partial charge in [0, 0.05) is 38.8 Å². The Balaban J connectivity index is 2.23. The molecule has 4 nitrogen and oxygen atoms in total. The Hall–Kier alpha value is -0.160. The van der Waals surface area contributed by atoms with E-state index in [-0.39, 0.29) is 6.29 Å². The summed E-state index contributed by atoms with van der Waals surface area (Å²) in [6.07, 6.45) is 0.886. The standard InChI is InChI=1S/C12H25NO3/c1-4-15-12(16-5-2)6-7-13-8-9-14-10-11(13)3/h11-12H,4-10H2,1-3H3. The van der Waals surface area contributed by atoms with E-state index in [2.05, 4.69) is 11.8 Å². The molecule has 0 spiro atoms. The highest BCUT2D eigenvalue weighted by Gasteiger charge is 2.19. The summed E-state index contributed by atoms with van der Waals surface area (Å²) in [7, 11) is 0. The van der Waals surface area contributed by atoms with Crippen molar-refractivity contribution in [2.45, 2.75) is 39.5 Å². The van der Waals surface area contributed by atoms with Crippen molar-refractivity contribution < 1.29 is 14.2 Å². The summed E-state index contributed by atoms with van der Waals surface area (Å²) in [4.78, 5) is 2.44. The molecule has 0 aliphatic carbocycles. The lowest BCUT2D eigenvalue weighted by Gasteiger charge is -2.34. The second-order valence-electron chi connectivity index (χ2n) is 4.09. The van der Waals surface area contributed by atoms with Crippen LogP contribution in [0.15, 0.2) is 0 Å². The number of nitrogens with zero attached hydrogens (tertiary/aromatic N) is 1. The van der Waals surface area contributed by atoms with Gasteiger partial charge in [0.25, 0.3) is 0 Å². The lowest BCUT2D eigenvalue weighted by Crippen LogP contribution is -2.44. The number of hydrogen-bond donors (Lipinski definition) is 0. The Kier molecular flexibility index (Phi) is 6.96. The summed E-state index contributed by atoms with van der Waals surface area (Å²) in [6, 6.07) is 0.512. The van der Waals surface area contributed by atoms with Gasteiger partial charge in [-0.3, -0.25) is 4.90 Å². The molecule has 0 aromatic carbocycles. The summed E-state index contributed by atoms with van der Waals surface area (Å²) in [6.45, 7) is 11.4. The molecule has 1 unspecified atom stereocenters. The lowest BCUT2D eigenvalue weighted by molar-refractivity contribution is -0.144. The highest BCUT2D eigenvalue weighted by molar-refractivity contribution is 4.71. The van der Waals surface area contributed by atoms with Gasteiger partial charge in [-0.25, -0.2) is 0 Å². The zero-order valence-corrected chi connectivity index (χ0v) is 10.8. The van der Waals surface area contributed by atoms with Crippen molar-refractivity contribution in [1.82, 2.24) is 4.90 Å². The molecule has 16 heavy (non-hydrogen) atoms. The fourth-order valence-electron chi connectivity index (χ4n) is 1.95. The van der Waals surface area contributed by atoms with Gasteiger partial charge in [-0.2, -0.15) is 0 Å². The molecule has 0 saturated carbocycles. The molecule has 1 saturated heterocycles. The highest BCUT2D eigenvalue weighted by atomic mass is 16.7. The molecule has 1 aliphatic rings. The minimum Gasteiger partial charge on any atom is -0.379 e. The van der Waals surface area contributed by atoms with Crippen LogP contribution < -0.4 is 0 Å². The highest BCUT2D eigenvalue weighted by Crippen LogP contribution is 2.09. The van der Waals surface area contributed by atoms with Crippen LogP contribution >= 0.6 is 0 Å². The SMILES string of the molecule is CCOC(CCN1CCOCC1C)OCC. The van der Waals surface area contributed by atoms with E-state index in [0.717, 1.165) is 32.7 Å². The molecule has 0 radical (unpaired) electrons. The third kappa shape index (κ3) is 4.78. The van der Waals surface area contributed by atoms with E-state index in [1.165, 1.54) is 0 Å². The molecule has 0 aromatic heterocycles. The smallest absolute Gasteiger partial charge is 0.158 e. The van der Waals surface area contributed by atoms with Crippen molar-refractivity contribution in [2.75, 3.05) is 39.5 Å². The molecule has 0 aromatic rings. The van der Waals surface area contributed by atoms with Crippen LogP contribution in [0, 0.1) is 0 Å². The fraction of sp³-hybridized carbons (Fsp3) is 1.00. The first-order valence-corrected chi connectivity index (χ1v) is 6.32. The van der Waals surface area contributed by atoms with E-state index < -0.39 is 0 Å². The summed E-state index contributed by atoms with van der Waals surface area (Å²) < 4.78 is 16.5. The molecular formula is C12H25NO3. The lowest BCUT2D eigenvalue weighted by atomic mass is 10.2. The minimum absolute atomic E-state index is 0.0509. The predicted octanol–water partition coefficient (Wildman–Crippen LogP) is 1.50. The van der Waals surface area contributed by atoms with Crippen LogP contribution in [0.3, 0.4) is 0 Å². The number of ether oxygens (including phenoxy) is 3. The van der Waals surface area contributed by atoms with Gasteiger partial charge in [0.1, 0.15) is 0 Å². The monoisotopic (exact) mass is 231 g/mol. The Morgan fingerprint density at radius 2 is 2.00 bits per heavy atom. The van der Waals surface area contributed by atoms with Crippen LogP contribution in [-0.2, 0) is 14.2 Å². The molecule has 0 N–H and O–H groups in total. The fourth-order valence-corrected chi connectivity index (χ4v) is 1.95. The third-order valence-corrected chi connectivity index (χ3v) is 2.86. The zero-order valence-electron chi connectivity index (χ0n) is 10.8. The normalized spacial score (nSPS) is 22.9. The summed E-state index contributed by atoms with van der Waals surface area (Å²) >= 11 is 0. The largest absolute Gasteiger partial charge is 0.379 e. The molecule has 1 heterocycles. The average molecular weight is 231 g/mol. The van der Waals surface area contributed by atoms with Gasteiger partial charge < -0.3 is 14.2 Å². The summed E-state index contributed by atoms with van der Waals surface area (Å²) in [5.41, 5.74) is 0. The molecular weight excluding hydrogens is 206 g/mol. The molecule has 1 rings (SSSR count). The van der Waals surface area contributed by atoms with Gasteiger partial charge in [0.05, 0.1) is 13.2 Å². The van der Waals surface area contributed by atoms with Crippen LogP contribution in [0.5, 0.6) is 0 Å². The first-order valence-electron chi connectivity index (χ1n) is 6.32. The average Bonchev–Trinajstić information content (AvgIpc) is 2.28. The third-order valence-electron chi connectivity index (χ3n) is 2.86. The van der Waals surface area contributed by atoms with E-state index in [1.54, 1.807) is 0 Å². The quantitative estimate of drug-likeness (QED) is 0.621. The Bertz CT molecular complexity index is 172. The van der Waals surface area contributed by atoms with Gasteiger partial charge >= 0.3 is 0 Å². The molecule has 4 heteroatoms. The van der Waals surface area contributed by atoms with Crippen LogP contribution in [0.2, 0.25) is 0 Å². The second kappa shape index (κ2) is 8.01. The van der Waals surface area contributed by atoms with Crippen molar-refractivity contribution in [3.05, 3.63) is 0 Å². The van der Waals surface area contributed by atoms with Gasteiger partial charge in [-0.05, 0) is 20.8 Å². The van der Waals surface area contributed by atoms with Crippen LogP contribution in [0.4, 0.5) is 0 Å². The van der Waals surface area contributed by atoms with Crippen molar-refractivity contribution in [3.8, 4) is 0 Å². The van der Waals surface area contributed by atoms with Crippen molar-refractivity contribution >= 4 is 0 Å². The Morgan fingerprint density at radius 3 is 2.56 bits per heavy atom. The maximum Gasteiger partial charge on any atom is 0.158 e. The zero-order chi connectivity index (χ0) is 11.8. The molecule has 1 atom stereocenters. The maximum atomic E-state index is 5.53. The molecule has 0 amide bonds. The van der Waals surface area contributed by atoms with Crippen LogP contribution in [0.1, 0.15) is 27.2 Å². The second-order valence-corrected chi connectivity index (χ2v) is 4.09. The maximum absolute atomic E-state index is 5.53. The molecule has 1 aliphatic heterocycles. The predicted molar refractivity (Wildman–Crippen MR) is 63.5 cm³/mol. The van der Waals surface area contributed by atoms with Gasteiger partial charge in [0.2, 0.25) is 0 Å². The minimum atomic E-state index is -0.0509. The van der Waals surface area contributed by atoms with Gasteiger partial charge in [-0.15, -0.1) is 0 Å². The van der Waals surface area contributed by atoms with E-state index >= 15 is 0 Å². The Morgan fingerprint density at radius 1 is 1.31 bits per heavy atom. The summed E-state index contributed by atoms with van der Waals surface area (Å²) in [5, 5.41) is 0. The van der Waals surface area contributed by atoms with Gasteiger partial charge in [0.15, 0.2) is 6.29 Å². The van der Waals surface area contributed by atoms with E-state index in [0.29, 0.717) is 19.3 Å². The summed E-state index contributed by atoms with van der Waals surface area (Å²) in [5.74, 6) is 0. The number of morpholine rings is 1. The van der Waals surface area contributed by atoms with E-state index in [1.807, 2.05) is 13.8 Å². The van der Waals surface area contributed by atoms with Crippen molar-refractivity contribution in [2.24, 2.45) is 0 Å². The van der Waals surface area contributed by atoms with E-state index in [4.69, 9.17) is 14.2 Å². The first kappa shape index (κ1) is 13.9. The molecule has 96 valence electrons. The molecule has 1 fully saturated rings. The Labute approximate surface area is 98.8 Å². The van der Waals surface area contributed by atoms with Gasteiger partial charge in [-0.1, -0.05) is 0 Å². The van der Waals surface area contributed by atoms with Crippen LogP contribution in [0.25, 0.3) is 0 Å².